The van der Waals surface area contributed by atoms with Gasteiger partial charge in [-0.2, -0.15) is 0 Å². The van der Waals surface area contributed by atoms with Crippen molar-refractivity contribution >= 4 is 39.5 Å². The van der Waals surface area contributed by atoms with Crippen molar-refractivity contribution < 1.29 is 80.2 Å². The van der Waals surface area contributed by atoms with Crippen molar-refractivity contribution in [3.63, 3.8) is 0 Å². The normalized spacial score (nSPS) is 14.4. The Morgan fingerprint density at radius 1 is 0.269 bits per heavy atom. The molecular formula is C85H166O17P2. The van der Waals surface area contributed by atoms with Crippen molar-refractivity contribution in [3.05, 3.63) is 0 Å². The molecule has 0 aliphatic carbocycles. The van der Waals surface area contributed by atoms with Crippen LogP contribution < -0.4 is 0 Å². The van der Waals surface area contributed by atoms with Crippen molar-refractivity contribution in [2.24, 2.45) is 11.8 Å². The van der Waals surface area contributed by atoms with E-state index in [4.69, 9.17) is 37.0 Å². The molecule has 0 radical (unpaired) electrons. The summed E-state index contributed by atoms with van der Waals surface area (Å²) in [4.78, 5) is 73.1. The summed E-state index contributed by atoms with van der Waals surface area (Å²) in [6, 6.07) is 0. The number of hydrogen-bond donors (Lipinski definition) is 3. The molecule has 4 unspecified atom stereocenters. The first-order valence-electron chi connectivity index (χ1n) is 44.1. The molecule has 0 aliphatic heterocycles. The maximum atomic E-state index is 13.1. The first-order valence-corrected chi connectivity index (χ1v) is 47.1. The number of ether oxygens (including phenoxy) is 4. The summed E-state index contributed by atoms with van der Waals surface area (Å²) >= 11 is 0. The largest absolute Gasteiger partial charge is 0.472 e. The van der Waals surface area contributed by atoms with Crippen molar-refractivity contribution in [1.29, 1.82) is 0 Å². The third kappa shape index (κ3) is 75.5. The van der Waals surface area contributed by atoms with Gasteiger partial charge >= 0.3 is 39.5 Å². The van der Waals surface area contributed by atoms with Crippen LogP contribution in [0.1, 0.15) is 452 Å². The highest BCUT2D eigenvalue weighted by molar-refractivity contribution is 7.47. The molecule has 0 aromatic heterocycles. The summed E-state index contributed by atoms with van der Waals surface area (Å²) in [7, 11) is -9.92. The second kappa shape index (κ2) is 76.4. The van der Waals surface area contributed by atoms with Gasteiger partial charge in [-0.3, -0.25) is 37.3 Å². The summed E-state index contributed by atoms with van der Waals surface area (Å²) in [6.45, 7) is 9.69. The van der Waals surface area contributed by atoms with E-state index in [1.54, 1.807) is 0 Å². The number of carbonyl (C=O) groups is 4. The fourth-order valence-electron chi connectivity index (χ4n) is 13.2. The van der Waals surface area contributed by atoms with Crippen LogP contribution in [0.2, 0.25) is 0 Å². The van der Waals surface area contributed by atoms with Crippen LogP contribution >= 0.6 is 15.6 Å². The molecule has 618 valence electrons. The van der Waals surface area contributed by atoms with E-state index in [9.17, 15) is 43.2 Å². The first kappa shape index (κ1) is 102. The van der Waals surface area contributed by atoms with Crippen LogP contribution in [0.3, 0.4) is 0 Å². The highest BCUT2D eigenvalue weighted by Gasteiger charge is 2.30. The van der Waals surface area contributed by atoms with E-state index in [0.29, 0.717) is 25.7 Å². The SMILES string of the molecule is CCCCCCCCCCCCCCCCCCCCC(=O)OC[C@H](COP(=O)(O)OC[C@@H](O)COP(=O)(O)OC[C@@H](COC(=O)CCCCCCCCC(C)CC)OC(=O)CCCCCCCCCCCCCCCC)OC(=O)CCCCCCCCCCCCCCCCCCCCC(C)CC. The van der Waals surface area contributed by atoms with E-state index < -0.39 is 97.5 Å². The molecule has 0 heterocycles. The molecule has 0 bridgehead atoms. The molecule has 0 aliphatic rings. The van der Waals surface area contributed by atoms with Gasteiger partial charge in [-0.05, 0) is 37.5 Å². The zero-order valence-corrected chi connectivity index (χ0v) is 70.1. The summed E-state index contributed by atoms with van der Waals surface area (Å²) in [5.74, 6) is -0.502. The van der Waals surface area contributed by atoms with Crippen LogP contribution in [0.5, 0.6) is 0 Å². The van der Waals surface area contributed by atoms with Crippen LogP contribution in [0.15, 0.2) is 0 Å². The Morgan fingerprint density at radius 2 is 0.462 bits per heavy atom. The van der Waals surface area contributed by atoms with Crippen LogP contribution in [-0.4, -0.2) is 96.7 Å². The molecule has 0 saturated heterocycles. The molecule has 0 aromatic carbocycles. The Balaban J connectivity index is 5.22. The van der Waals surface area contributed by atoms with Gasteiger partial charge < -0.3 is 33.8 Å². The van der Waals surface area contributed by atoms with E-state index in [1.165, 1.54) is 263 Å². The molecule has 0 amide bonds. The summed E-state index contributed by atoms with van der Waals surface area (Å²) in [6.07, 6.45) is 68.0. The van der Waals surface area contributed by atoms with Gasteiger partial charge in [0, 0.05) is 25.7 Å². The molecule has 0 fully saturated rings. The molecule has 0 spiro atoms. The van der Waals surface area contributed by atoms with Gasteiger partial charge in [0.1, 0.15) is 19.3 Å². The summed E-state index contributed by atoms with van der Waals surface area (Å²) in [5.41, 5.74) is 0. The van der Waals surface area contributed by atoms with Crippen LogP contribution in [0, 0.1) is 11.8 Å². The third-order valence-corrected chi connectivity index (χ3v) is 22.6. The van der Waals surface area contributed by atoms with E-state index in [2.05, 4.69) is 41.5 Å². The Kier molecular flexibility index (Phi) is 75.0. The number of unbranched alkanes of at least 4 members (excludes halogenated alkanes) is 52. The molecular weight excluding hydrogens is 1350 g/mol. The van der Waals surface area contributed by atoms with Gasteiger partial charge in [-0.25, -0.2) is 9.13 Å². The topological polar surface area (TPSA) is 237 Å². The van der Waals surface area contributed by atoms with Crippen molar-refractivity contribution in [2.75, 3.05) is 39.6 Å². The summed E-state index contributed by atoms with van der Waals surface area (Å²) in [5, 5.41) is 10.7. The van der Waals surface area contributed by atoms with Gasteiger partial charge in [0.15, 0.2) is 12.2 Å². The average molecular weight is 1520 g/mol. The Morgan fingerprint density at radius 3 is 0.683 bits per heavy atom. The fraction of sp³-hybridized carbons (Fsp3) is 0.953. The van der Waals surface area contributed by atoms with Crippen molar-refractivity contribution in [3.8, 4) is 0 Å². The van der Waals surface area contributed by atoms with Gasteiger partial charge in [0.25, 0.3) is 0 Å². The Labute approximate surface area is 638 Å². The molecule has 17 nitrogen and oxygen atoms in total. The predicted molar refractivity (Wildman–Crippen MR) is 428 cm³/mol. The third-order valence-electron chi connectivity index (χ3n) is 20.7. The fourth-order valence-corrected chi connectivity index (χ4v) is 14.8. The van der Waals surface area contributed by atoms with Crippen molar-refractivity contribution in [1.82, 2.24) is 0 Å². The number of rotatable bonds is 84. The number of carbonyl (C=O) groups excluding carboxylic acids is 4. The zero-order valence-electron chi connectivity index (χ0n) is 68.3. The van der Waals surface area contributed by atoms with Gasteiger partial charge in [-0.1, -0.05) is 401 Å². The van der Waals surface area contributed by atoms with Gasteiger partial charge in [-0.15, -0.1) is 0 Å². The molecule has 0 aromatic rings. The lowest BCUT2D eigenvalue weighted by Gasteiger charge is -2.21. The minimum absolute atomic E-state index is 0.107. The number of phosphoric ester groups is 2. The molecule has 19 heteroatoms. The molecule has 0 saturated carbocycles. The smallest absolute Gasteiger partial charge is 0.462 e. The minimum Gasteiger partial charge on any atom is -0.462 e. The van der Waals surface area contributed by atoms with Gasteiger partial charge in [0.2, 0.25) is 0 Å². The molecule has 7 atom stereocenters. The lowest BCUT2D eigenvalue weighted by molar-refractivity contribution is -0.161. The van der Waals surface area contributed by atoms with E-state index >= 15 is 0 Å². The van der Waals surface area contributed by atoms with Crippen molar-refractivity contribution in [2.45, 2.75) is 471 Å². The quantitative estimate of drug-likeness (QED) is 0.0222. The maximum absolute atomic E-state index is 13.1. The van der Waals surface area contributed by atoms with Crippen LogP contribution in [-0.2, 0) is 65.4 Å². The van der Waals surface area contributed by atoms with E-state index in [-0.39, 0.29) is 25.7 Å². The van der Waals surface area contributed by atoms with Gasteiger partial charge in [0.05, 0.1) is 26.4 Å². The highest BCUT2D eigenvalue weighted by Crippen LogP contribution is 2.45. The minimum atomic E-state index is -4.97. The number of aliphatic hydroxyl groups is 1. The Hall–Kier alpha value is -1.94. The monoisotopic (exact) mass is 1520 g/mol. The highest BCUT2D eigenvalue weighted by atomic mass is 31.2. The molecule has 104 heavy (non-hydrogen) atoms. The number of esters is 4. The first-order chi connectivity index (χ1) is 50.4. The van der Waals surface area contributed by atoms with E-state index in [0.717, 1.165) is 108 Å². The second-order valence-corrected chi connectivity index (χ2v) is 34.0. The number of hydrogen-bond acceptors (Lipinski definition) is 15. The van der Waals surface area contributed by atoms with Crippen LogP contribution in [0.25, 0.3) is 0 Å². The van der Waals surface area contributed by atoms with E-state index in [1.807, 2.05) is 0 Å². The average Bonchev–Trinajstić information content (AvgIpc) is 0.917. The second-order valence-electron chi connectivity index (χ2n) is 31.1. The predicted octanol–water partition coefficient (Wildman–Crippen LogP) is 25.8. The lowest BCUT2D eigenvalue weighted by Crippen LogP contribution is -2.30. The van der Waals surface area contributed by atoms with Crippen LogP contribution in [0.4, 0.5) is 0 Å². The summed E-state index contributed by atoms with van der Waals surface area (Å²) < 4.78 is 68.8. The Bertz CT molecular complexity index is 2000. The standard InChI is InChI=1S/C85H166O17P2/c1-7-11-13-15-17-19-21-23-25-26-30-33-37-40-44-48-55-61-67-82(87)95-73-80(101-84(89)70-64-58-50-46-42-38-34-31-28-27-29-32-35-39-43-47-53-59-65-77(5)9-3)75-99-103(91,92)97-71-79(86)72-98-104(93,94)100-76-81(74-96-83(88)68-62-56-52-51-54-60-66-78(6)10-4)102-85(90)69-63-57-49-45-41-36-24-22-20-18-16-14-12-8-2/h77-81,86H,7-76H2,1-6H3,(H,91,92)(H,93,94)/t77?,78?,79-,80-,81-/m1/s1. The lowest BCUT2D eigenvalue weighted by atomic mass is 9.99. The maximum Gasteiger partial charge on any atom is 0.472 e. The molecule has 3 N–H and O–H groups in total. The number of phosphoric acid groups is 2. The molecule has 0 rings (SSSR count). The number of aliphatic hydroxyl groups excluding tert-OH is 1. The zero-order chi connectivity index (χ0) is 76.4.